The minimum Gasteiger partial charge on any atom is -0.332 e. The van der Waals surface area contributed by atoms with Gasteiger partial charge in [0.2, 0.25) is 5.91 Å². The second kappa shape index (κ2) is 7.37. The Hall–Kier alpha value is -2.21. The first-order valence-electron chi connectivity index (χ1n) is 7.10. The van der Waals surface area contributed by atoms with Gasteiger partial charge in [-0.05, 0) is 53.0 Å². The Bertz CT molecular complexity index is 746. The molecule has 1 aromatic heterocycles. The van der Waals surface area contributed by atoms with Gasteiger partial charge in [0, 0.05) is 29.6 Å². The monoisotopic (exact) mass is 375 g/mol. The molecular weight excluding hydrogens is 358 g/mol. The molecule has 1 heterocycles. The van der Waals surface area contributed by atoms with Crippen LogP contribution in [0.5, 0.6) is 0 Å². The molecule has 5 nitrogen and oxygen atoms in total. The molecule has 120 valence electrons. The van der Waals surface area contributed by atoms with Crippen LogP contribution in [-0.2, 0) is 4.79 Å². The number of carbonyl (C=O) groups is 2. The van der Waals surface area contributed by atoms with E-state index in [0.29, 0.717) is 5.56 Å². The third-order valence-electron chi connectivity index (χ3n) is 3.35. The van der Waals surface area contributed by atoms with Crippen LogP contribution in [0.15, 0.2) is 41.1 Å². The standard InChI is InChI=1S/C17H18BrN3O2/c1-11-4-5-12(2)15(6-11)20-16(22)10-21(3)17(23)13-7-14(18)9-19-8-13/h4-9H,10H2,1-3H3,(H,20,22). The summed E-state index contributed by atoms with van der Waals surface area (Å²) in [5.41, 5.74) is 3.24. The predicted octanol–water partition coefficient (Wildman–Crippen LogP) is 3.17. The number of likely N-dealkylation sites (N-methyl/N-ethyl adjacent to an activating group) is 1. The molecule has 0 aliphatic carbocycles. The molecule has 23 heavy (non-hydrogen) atoms. The summed E-state index contributed by atoms with van der Waals surface area (Å²) in [6.07, 6.45) is 3.08. The zero-order valence-corrected chi connectivity index (χ0v) is 14.8. The van der Waals surface area contributed by atoms with E-state index >= 15 is 0 Å². The number of halogens is 1. The van der Waals surface area contributed by atoms with Crippen molar-refractivity contribution < 1.29 is 9.59 Å². The molecule has 0 fully saturated rings. The number of hydrogen-bond donors (Lipinski definition) is 1. The van der Waals surface area contributed by atoms with Gasteiger partial charge in [0.1, 0.15) is 0 Å². The number of benzene rings is 1. The maximum atomic E-state index is 12.3. The third-order valence-corrected chi connectivity index (χ3v) is 3.78. The number of aromatic nitrogens is 1. The third kappa shape index (κ3) is 4.63. The molecule has 0 unspecified atom stereocenters. The number of amides is 2. The summed E-state index contributed by atoms with van der Waals surface area (Å²) in [5.74, 6) is -0.493. The number of aryl methyl sites for hydroxylation is 2. The van der Waals surface area contributed by atoms with Gasteiger partial charge in [-0.1, -0.05) is 12.1 Å². The Morgan fingerprint density at radius 2 is 1.96 bits per heavy atom. The molecule has 2 amide bonds. The van der Waals surface area contributed by atoms with Gasteiger partial charge in [0.25, 0.3) is 5.91 Å². The second-order valence-corrected chi connectivity index (χ2v) is 6.34. The number of anilines is 1. The highest BCUT2D eigenvalue weighted by molar-refractivity contribution is 9.10. The van der Waals surface area contributed by atoms with E-state index in [1.165, 1.54) is 11.1 Å². The summed E-state index contributed by atoms with van der Waals surface area (Å²) < 4.78 is 0.719. The lowest BCUT2D eigenvalue weighted by atomic mass is 10.1. The van der Waals surface area contributed by atoms with Crippen LogP contribution in [0.3, 0.4) is 0 Å². The van der Waals surface area contributed by atoms with Crippen molar-refractivity contribution in [1.82, 2.24) is 9.88 Å². The number of pyridine rings is 1. The minimum absolute atomic E-state index is 0.0290. The number of nitrogens with one attached hydrogen (secondary N) is 1. The molecule has 0 saturated heterocycles. The molecular formula is C17H18BrN3O2. The van der Waals surface area contributed by atoms with Crippen LogP contribution in [0.1, 0.15) is 21.5 Å². The van der Waals surface area contributed by atoms with Crippen LogP contribution >= 0.6 is 15.9 Å². The van der Waals surface area contributed by atoms with Crippen LogP contribution in [0.4, 0.5) is 5.69 Å². The van der Waals surface area contributed by atoms with Crippen molar-refractivity contribution in [3.8, 4) is 0 Å². The van der Waals surface area contributed by atoms with E-state index in [4.69, 9.17) is 0 Å². The largest absolute Gasteiger partial charge is 0.332 e. The zero-order valence-electron chi connectivity index (χ0n) is 13.3. The average molecular weight is 376 g/mol. The molecule has 0 bridgehead atoms. The lowest BCUT2D eigenvalue weighted by Gasteiger charge is -2.17. The van der Waals surface area contributed by atoms with E-state index in [2.05, 4.69) is 26.2 Å². The smallest absolute Gasteiger partial charge is 0.255 e. The van der Waals surface area contributed by atoms with E-state index in [9.17, 15) is 9.59 Å². The number of hydrogen-bond acceptors (Lipinski definition) is 3. The predicted molar refractivity (Wildman–Crippen MR) is 93.4 cm³/mol. The molecule has 2 aromatic rings. The average Bonchev–Trinajstić information content (AvgIpc) is 2.50. The molecule has 0 radical (unpaired) electrons. The molecule has 6 heteroatoms. The lowest BCUT2D eigenvalue weighted by molar-refractivity contribution is -0.116. The summed E-state index contributed by atoms with van der Waals surface area (Å²) in [7, 11) is 1.59. The maximum Gasteiger partial charge on any atom is 0.255 e. The Morgan fingerprint density at radius 1 is 1.22 bits per heavy atom. The summed E-state index contributed by atoms with van der Waals surface area (Å²) in [6.45, 7) is 3.86. The molecule has 0 aliphatic rings. The van der Waals surface area contributed by atoms with Crippen molar-refractivity contribution in [2.24, 2.45) is 0 Å². The van der Waals surface area contributed by atoms with Crippen LogP contribution < -0.4 is 5.32 Å². The van der Waals surface area contributed by atoms with Crippen molar-refractivity contribution in [1.29, 1.82) is 0 Å². The maximum absolute atomic E-state index is 12.3. The Balaban J connectivity index is 2.02. The molecule has 0 aliphatic heterocycles. The Kier molecular flexibility index (Phi) is 5.50. The van der Waals surface area contributed by atoms with Gasteiger partial charge in [0.05, 0.1) is 12.1 Å². The van der Waals surface area contributed by atoms with Gasteiger partial charge in [-0.25, -0.2) is 0 Å². The van der Waals surface area contributed by atoms with Crippen molar-refractivity contribution in [2.75, 3.05) is 18.9 Å². The van der Waals surface area contributed by atoms with Gasteiger partial charge in [-0.2, -0.15) is 0 Å². The van der Waals surface area contributed by atoms with Crippen LogP contribution in [0.2, 0.25) is 0 Å². The highest BCUT2D eigenvalue weighted by Gasteiger charge is 2.16. The van der Waals surface area contributed by atoms with Gasteiger partial charge >= 0.3 is 0 Å². The quantitative estimate of drug-likeness (QED) is 0.892. The summed E-state index contributed by atoms with van der Waals surface area (Å²) in [6, 6.07) is 7.52. The number of rotatable bonds is 4. The van der Waals surface area contributed by atoms with Gasteiger partial charge < -0.3 is 10.2 Å². The Labute approximate surface area is 143 Å². The first-order valence-corrected chi connectivity index (χ1v) is 7.89. The molecule has 0 saturated carbocycles. The van der Waals surface area contributed by atoms with Crippen LogP contribution in [0.25, 0.3) is 0 Å². The fourth-order valence-corrected chi connectivity index (χ4v) is 2.46. The molecule has 0 atom stereocenters. The normalized spacial score (nSPS) is 10.3. The van der Waals surface area contributed by atoms with Gasteiger partial charge in [-0.15, -0.1) is 0 Å². The lowest BCUT2D eigenvalue weighted by Crippen LogP contribution is -2.35. The van der Waals surface area contributed by atoms with Crippen molar-refractivity contribution in [2.45, 2.75) is 13.8 Å². The number of nitrogens with zero attached hydrogens (tertiary/aromatic N) is 2. The second-order valence-electron chi connectivity index (χ2n) is 5.42. The van der Waals surface area contributed by atoms with E-state index in [-0.39, 0.29) is 18.4 Å². The summed E-state index contributed by atoms with van der Waals surface area (Å²) in [5, 5.41) is 2.84. The fourth-order valence-electron chi connectivity index (χ4n) is 2.10. The topological polar surface area (TPSA) is 62.3 Å². The fraction of sp³-hybridized carbons (Fsp3) is 0.235. The number of carbonyl (C=O) groups excluding carboxylic acids is 2. The van der Waals surface area contributed by atoms with E-state index < -0.39 is 0 Å². The SMILES string of the molecule is Cc1ccc(C)c(NC(=O)CN(C)C(=O)c2cncc(Br)c2)c1. The van der Waals surface area contributed by atoms with Crippen LogP contribution in [0, 0.1) is 13.8 Å². The van der Waals surface area contributed by atoms with Gasteiger partial charge in [-0.3, -0.25) is 14.6 Å². The van der Waals surface area contributed by atoms with Crippen LogP contribution in [-0.4, -0.2) is 35.3 Å². The van der Waals surface area contributed by atoms with Crippen molar-refractivity contribution in [3.05, 3.63) is 57.8 Å². The van der Waals surface area contributed by atoms with E-state index in [0.717, 1.165) is 21.3 Å². The van der Waals surface area contributed by atoms with Crippen molar-refractivity contribution in [3.63, 3.8) is 0 Å². The zero-order chi connectivity index (χ0) is 17.0. The Morgan fingerprint density at radius 3 is 2.65 bits per heavy atom. The minimum atomic E-state index is -0.255. The molecule has 1 N–H and O–H groups in total. The van der Waals surface area contributed by atoms with E-state index in [1.807, 2.05) is 32.0 Å². The highest BCUT2D eigenvalue weighted by Crippen LogP contribution is 2.16. The van der Waals surface area contributed by atoms with E-state index in [1.54, 1.807) is 19.3 Å². The van der Waals surface area contributed by atoms with Crippen molar-refractivity contribution >= 4 is 33.4 Å². The molecule has 1 aromatic carbocycles. The molecule has 0 spiro atoms. The highest BCUT2D eigenvalue weighted by atomic mass is 79.9. The first-order chi connectivity index (χ1) is 10.9. The summed E-state index contributed by atoms with van der Waals surface area (Å²) in [4.78, 5) is 29.8. The molecule has 2 rings (SSSR count). The van der Waals surface area contributed by atoms with Gasteiger partial charge in [0.15, 0.2) is 0 Å². The first kappa shape index (κ1) is 17.1. The summed E-state index contributed by atoms with van der Waals surface area (Å²) >= 11 is 3.28.